The van der Waals surface area contributed by atoms with Crippen molar-refractivity contribution in [2.75, 3.05) is 17.1 Å². The monoisotopic (exact) mass is 321 g/mol. The number of benzene rings is 1. The molecule has 0 aliphatic carbocycles. The maximum atomic E-state index is 11.6. The number of carbonyl (C=O) groups is 1. The molecule has 0 unspecified atom stereocenters. The normalized spacial score (nSPS) is 11.2. The minimum absolute atomic E-state index is 0.0865. The van der Waals surface area contributed by atoms with Gasteiger partial charge >= 0.3 is 5.97 Å². The zero-order valence-corrected chi connectivity index (χ0v) is 11.5. The lowest BCUT2D eigenvalue weighted by atomic mass is 10.3. The van der Waals surface area contributed by atoms with Gasteiger partial charge in [0, 0.05) is 11.0 Å². The molecule has 0 saturated carbocycles. The summed E-state index contributed by atoms with van der Waals surface area (Å²) in [5.74, 6) is -1.04. The zero-order chi connectivity index (χ0) is 13.1. The molecule has 1 aromatic carbocycles. The molecule has 0 heterocycles. The highest BCUT2D eigenvalue weighted by Crippen LogP contribution is 2.27. The molecule has 94 valence electrons. The van der Waals surface area contributed by atoms with E-state index in [0.717, 1.165) is 10.6 Å². The van der Waals surface area contributed by atoms with Crippen molar-refractivity contribution in [3.63, 3.8) is 0 Å². The summed E-state index contributed by atoms with van der Waals surface area (Å²) in [5, 5.41) is 8.61. The smallest absolute Gasteiger partial charge is 0.305 e. The summed E-state index contributed by atoms with van der Waals surface area (Å²) in [7, 11) is -3.50. The first-order valence-electron chi connectivity index (χ1n) is 4.76. The van der Waals surface area contributed by atoms with Gasteiger partial charge in [0.25, 0.3) is 0 Å². The number of para-hydroxylation sites is 1. The first-order chi connectivity index (χ1) is 7.82. The Balaban J connectivity index is 3.08. The summed E-state index contributed by atoms with van der Waals surface area (Å²) in [6, 6.07) is 6.77. The topological polar surface area (TPSA) is 74.7 Å². The Morgan fingerprint density at radius 1 is 1.41 bits per heavy atom. The largest absolute Gasteiger partial charge is 0.481 e. The molecule has 0 bridgehead atoms. The summed E-state index contributed by atoms with van der Waals surface area (Å²) < 4.78 is 24.9. The van der Waals surface area contributed by atoms with Crippen LogP contribution in [0, 0.1) is 0 Å². The van der Waals surface area contributed by atoms with Crippen molar-refractivity contribution in [2.24, 2.45) is 0 Å². The van der Waals surface area contributed by atoms with Gasteiger partial charge in [0.2, 0.25) is 10.0 Å². The molecule has 1 N–H and O–H groups in total. The van der Waals surface area contributed by atoms with Crippen molar-refractivity contribution in [3.8, 4) is 0 Å². The van der Waals surface area contributed by atoms with Crippen molar-refractivity contribution in [1.29, 1.82) is 0 Å². The highest BCUT2D eigenvalue weighted by atomic mass is 79.9. The molecule has 1 rings (SSSR count). The molecule has 0 aliphatic heterocycles. The van der Waals surface area contributed by atoms with E-state index in [1.54, 1.807) is 24.3 Å². The van der Waals surface area contributed by atoms with Gasteiger partial charge in [0.05, 0.1) is 18.4 Å². The zero-order valence-electron chi connectivity index (χ0n) is 9.13. The summed E-state index contributed by atoms with van der Waals surface area (Å²) in [6.07, 6.45) is 0.808. The number of hydrogen-bond acceptors (Lipinski definition) is 3. The van der Waals surface area contributed by atoms with Crippen molar-refractivity contribution in [1.82, 2.24) is 0 Å². The van der Waals surface area contributed by atoms with Crippen molar-refractivity contribution < 1.29 is 18.3 Å². The Labute approximate surface area is 108 Å². The van der Waals surface area contributed by atoms with Gasteiger partial charge in [-0.05, 0) is 28.1 Å². The van der Waals surface area contributed by atoms with Gasteiger partial charge in [-0.3, -0.25) is 9.10 Å². The highest BCUT2D eigenvalue weighted by molar-refractivity contribution is 9.10. The molecule has 0 aromatic heterocycles. The number of carboxylic acid groups (broad SMARTS) is 1. The molecule has 0 radical (unpaired) electrons. The van der Waals surface area contributed by atoms with Gasteiger partial charge in [-0.15, -0.1) is 0 Å². The average molecular weight is 322 g/mol. The maximum absolute atomic E-state index is 11.6. The number of sulfonamides is 1. The molecular formula is C10H12BrNO4S. The number of carboxylic acids is 1. The quantitative estimate of drug-likeness (QED) is 0.895. The van der Waals surface area contributed by atoms with Gasteiger partial charge in [-0.25, -0.2) is 8.42 Å². The van der Waals surface area contributed by atoms with E-state index in [1.807, 2.05) is 0 Å². The van der Waals surface area contributed by atoms with Crippen LogP contribution >= 0.6 is 15.9 Å². The standard InChI is InChI=1S/C10H12BrNO4S/c1-17(15,16)12(7-6-10(13)14)9-5-3-2-4-8(9)11/h2-5H,6-7H2,1H3,(H,13,14). The van der Waals surface area contributed by atoms with Crippen LogP contribution in [0.15, 0.2) is 28.7 Å². The average Bonchev–Trinajstić information content (AvgIpc) is 2.18. The summed E-state index contributed by atoms with van der Waals surface area (Å²) >= 11 is 3.24. The number of anilines is 1. The van der Waals surface area contributed by atoms with Crippen LogP contribution in [0.3, 0.4) is 0 Å². The van der Waals surface area contributed by atoms with Crippen LogP contribution < -0.4 is 4.31 Å². The Hall–Kier alpha value is -1.08. The van der Waals surface area contributed by atoms with Crippen LogP contribution in [-0.4, -0.2) is 32.3 Å². The fraction of sp³-hybridized carbons (Fsp3) is 0.300. The Morgan fingerprint density at radius 3 is 2.47 bits per heavy atom. The molecule has 0 saturated heterocycles. The van der Waals surface area contributed by atoms with E-state index in [-0.39, 0.29) is 13.0 Å². The Morgan fingerprint density at radius 2 is 2.00 bits per heavy atom. The lowest BCUT2D eigenvalue weighted by Gasteiger charge is -2.22. The lowest BCUT2D eigenvalue weighted by Crippen LogP contribution is -2.32. The van der Waals surface area contributed by atoms with Crippen LogP contribution in [0.1, 0.15) is 6.42 Å². The van der Waals surface area contributed by atoms with Crippen molar-refractivity contribution in [3.05, 3.63) is 28.7 Å². The predicted molar refractivity (Wildman–Crippen MR) is 68.6 cm³/mol. The molecule has 0 aliphatic rings. The molecule has 5 nitrogen and oxygen atoms in total. The van der Waals surface area contributed by atoms with Crippen LogP contribution in [0.2, 0.25) is 0 Å². The summed E-state index contributed by atoms with van der Waals surface area (Å²) in [6.45, 7) is -0.0865. The molecule has 0 fully saturated rings. The van der Waals surface area contributed by atoms with Gasteiger partial charge in [-0.2, -0.15) is 0 Å². The molecule has 17 heavy (non-hydrogen) atoms. The highest BCUT2D eigenvalue weighted by Gasteiger charge is 2.20. The fourth-order valence-electron chi connectivity index (χ4n) is 1.32. The number of hydrogen-bond donors (Lipinski definition) is 1. The van der Waals surface area contributed by atoms with Crippen LogP contribution in [0.4, 0.5) is 5.69 Å². The van der Waals surface area contributed by atoms with Gasteiger partial charge in [0.15, 0.2) is 0 Å². The minimum atomic E-state index is -3.50. The van der Waals surface area contributed by atoms with E-state index < -0.39 is 16.0 Å². The molecular weight excluding hydrogens is 310 g/mol. The molecule has 0 amide bonds. The molecule has 0 atom stereocenters. The second-order valence-corrected chi connectivity index (χ2v) is 6.19. The number of halogens is 1. The van der Waals surface area contributed by atoms with Crippen LogP contribution in [0.5, 0.6) is 0 Å². The predicted octanol–water partition coefficient (Wildman–Crippen LogP) is 1.69. The number of nitrogens with zero attached hydrogens (tertiary/aromatic N) is 1. The summed E-state index contributed by atoms with van der Waals surface area (Å²) in [5.41, 5.74) is 0.441. The SMILES string of the molecule is CS(=O)(=O)N(CCC(=O)O)c1ccccc1Br. The van der Waals surface area contributed by atoms with E-state index in [0.29, 0.717) is 10.2 Å². The lowest BCUT2D eigenvalue weighted by molar-refractivity contribution is -0.136. The maximum Gasteiger partial charge on any atom is 0.305 e. The third-order valence-corrected chi connectivity index (χ3v) is 3.90. The molecule has 7 heteroatoms. The summed E-state index contributed by atoms with van der Waals surface area (Å²) in [4.78, 5) is 10.5. The number of aliphatic carboxylic acids is 1. The van der Waals surface area contributed by atoms with E-state index in [1.165, 1.54) is 0 Å². The second-order valence-electron chi connectivity index (χ2n) is 3.43. The number of rotatable bonds is 5. The van der Waals surface area contributed by atoms with Gasteiger partial charge < -0.3 is 5.11 Å². The minimum Gasteiger partial charge on any atom is -0.481 e. The molecule has 1 aromatic rings. The van der Waals surface area contributed by atoms with Crippen molar-refractivity contribution in [2.45, 2.75) is 6.42 Å². The van der Waals surface area contributed by atoms with Gasteiger partial charge in [-0.1, -0.05) is 12.1 Å². The third kappa shape index (κ3) is 4.01. The van der Waals surface area contributed by atoms with E-state index in [2.05, 4.69) is 15.9 Å². The van der Waals surface area contributed by atoms with E-state index in [9.17, 15) is 13.2 Å². The Bertz CT molecular complexity index is 515. The van der Waals surface area contributed by atoms with Crippen LogP contribution in [0.25, 0.3) is 0 Å². The van der Waals surface area contributed by atoms with E-state index in [4.69, 9.17) is 5.11 Å². The second kappa shape index (κ2) is 5.50. The van der Waals surface area contributed by atoms with Crippen molar-refractivity contribution >= 4 is 37.6 Å². The van der Waals surface area contributed by atoms with Gasteiger partial charge in [0.1, 0.15) is 0 Å². The Kier molecular flexibility index (Phi) is 4.53. The van der Waals surface area contributed by atoms with Crippen LogP contribution in [-0.2, 0) is 14.8 Å². The third-order valence-electron chi connectivity index (χ3n) is 2.05. The first-order valence-corrected chi connectivity index (χ1v) is 7.40. The fourth-order valence-corrected chi connectivity index (χ4v) is 2.87. The first kappa shape index (κ1) is 14.0. The molecule has 0 spiro atoms. The van der Waals surface area contributed by atoms with E-state index >= 15 is 0 Å².